The Morgan fingerprint density at radius 3 is 2.87 bits per heavy atom. The maximum atomic E-state index is 12.6. The van der Waals surface area contributed by atoms with Crippen LogP contribution >= 0.6 is 0 Å². The van der Waals surface area contributed by atoms with Crippen LogP contribution in [0.4, 0.5) is 5.82 Å². The highest BCUT2D eigenvalue weighted by atomic mass is 16.1. The molecule has 0 aliphatic carbocycles. The van der Waals surface area contributed by atoms with E-state index in [1.54, 1.807) is 18.3 Å². The van der Waals surface area contributed by atoms with Crippen LogP contribution in [0.25, 0.3) is 0 Å². The first-order chi connectivity index (χ1) is 11.1. The number of anilines is 1. The van der Waals surface area contributed by atoms with Gasteiger partial charge in [-0.05, 0) is 50.1 Å². The number of piperazine rings is 1. The van der Waals surface area contributed by atoms with Gasteiger partial charge in [-0.1, -0.05) is 0 Å². The van der Waals surface area contributed by atoms with Crippen molar-refractivity contribution in [3.05, 3.63) is 46.9 Å². The molecule has 1 fully saturated rings. The number of nitrogens with one attached hydrogen (secondary N) is 1. The second-order valence-electron chi connectivity index (χ2n) is 6.01. The van der Waals surface area contributed by atoms with Crippen LogP contribution in [0, 0.1) is 13.8 Å². The molecular formula is C17H21N5O. The van der Waals surface area contributed by atoms with E-state index in [1.807, 2.05) is 13.0 Å². The van der Waals surface area contributed by atoms with Crippen molar-refractivity contribution in [1.29, 1.82) is 0 Å². The van der Waals surface area contributed by atoms with Crippen molar-refractivity contribution >= 4 is 11.6 Å². The molecule has 0 radical (unpaired) electrons. The van der Waals surface area contributed by atoms with E-state index in [-0.39, 0.29) is 5.78 Å². The Kier molecular flexibility index (Phi) is 4.34. The molecule has 23 heavy (non-hydrogen) atoms. The Morgan fingerprint density at radius 2 is 2.17 bits per heavy atom. The molecule has 1 aliphatic heterocycles. The number of aryl methyl sites for hydroxylation is 1. The predicted molar refractivity (Wildman–Crippen MR) is 88.9 cm³/mol. The summed E-state index contributed by atoms with van der Waals surface area (Å²) < 4.78 is 0. The number of nitrogens with zero attached hydrogens (tertiary/aromatic N) is 4. The highest BCUT2D eigenvalue weighted by Crippen LogP contribution is 2.23. The van der Waals surface area contributed by atoms with Crippen LogP contribution in [0.5, 0.6) is 0 Å². The normalized spacial score (nSPS) is 18.0. The van der Waals surface area contributed by atoms with Gasteiger partial charge in [-0.25, -0.2) is 4.98 Å². The van der Waals surface area contributed by atoms with Crippen LogP contribution in [-0.2, 0) is 0 Å². The summed E-state index contributed by atoms with van der Waals surface area (Å²) in [6.45, 7) is 8.92. The molecule has 120 valence electrons. The highest BCUT2D eigenvalue weighted by molar-refractivity contribution is 6.06. The van der Waals surface area contributed by atoms with E-state index < -0.39 is 0 Å². The largest absolute Gasteiger partial charge is 0.354 e. The molecule has 0 bridgehead atoms. The second kappa shape index (κ2) is 6.42. The van der Waals surface area contributed by atoms with Crippen LogP contribution in [0.2, 0.25) is 0 Å². The lowest BCUT2D eigenvalue weighted by atomic mass is 10.1. The lowest BCUT2D eigenvalue weighted by molar-refractivity contribution is 0.102. The van der Waals surface area contributed by atoms with E-state index in [0.717, 1.165) is 36.6 Å². The number of carbonyl (C=O) groups is 1. The monoisotopic (exact) mass is 311 g/mol. The molecule has 0 amide bonds. The van der Waals surface area contributed by atoms with E-state index in [2.05, 4.69) is 39.2 Å². The van der Waals surface area contributed by atoms with Gasteiger partial charge in [0.1, 0.15) is 17.2 Å². The summed E-state index contributed by atoms with van der Waals surface area (Å²) in [6.07, 6.45) is 1.55. The number of carbonyl (C=O) groups excluding carboxylic acids is 1. The number of rotatable bonds is 3. The maximum absolute atomic E-state index is 12.6. The zero-order valence-electron chi connectivity index (χ0n) is 13.7. The van der Waals surface area contributed by atoms with Crippen LogP contribution in [0.3, 0.4) is 0 Å². The lowest BCUT2D eigenvalue weighted by Crippen LogP contribution is -2.49. The summed E-state index contributed by atoms with van der Waals surface area (Å²) in [7, 11) is 0. The van der Waals surface area contributed by atoms with Crippen molar-refractivity contribution < 1.29 is 4.79 Å². The number of hydrogen-bond acceptors (Lipinski definition) is 6. The van der Waals surface area contributed by atoms with Crippen LogP contribution in [0.15, 0.2) is 24.4 Å². The van der Waals surface area contributed by atoms with E-state index in [0.29, 0.717) is 17.4 Å². The highest BCUT2D eigenvalue weighted by Gasteiger charge is 2.22. The summed E-state index contributed by atoms with van der Waals surface area (Å²) in [5.74, 6) is 0.705. The lowest BCUT2D eigenvalue weighted by Gasteiger charge is -2.34. The second-order valence-corrected chi connectivity index (χ2v) is 6.01. The fourth-order valence-electron chi connectivity index (χ4n) is 2.82. The fraction of sp³-hybridized carbons (Fsp3) is 0.412. The number of aromatic nitrogens is 3. The minimum Gasteiger partial charge on any atom is -0.354 e. The van der Waals surface area contributed by atoms with Gasteiger partial charge in [0, 0.05) is 31.9 Å². The average Bonchev–Trinajstić information content (AvgIpc) is 2.57. The van der Waals surface area contributed by atoms with Gasteiger partial charge in [0.15, 0.2) is 0 Å². The molecule has 1 atom stereocenters. The third-order valence-corrected chi connectivity index (χ3v) is 4.21. The number of hydrogen-bond donors (Lipinski definition) is 1. The molecule has 6 heteroatoms. The molecule has 1 saturated heterocycles. The predicted octanol–water partition coefficient (Wildman–Crippen LogP) is 1.52. The first-order valence-corrected chi connectivity index (χ1v) is 7.85. The van der Waals surface area contributed by atoms with Gasteiger partial charge in [-0.2, -0.15) is 5.10 Å². The van der Waals surface area contributed by atoms with Gasteiger partial charge in [0.25, 0.3) is 0 Å². The van der Waals surface area contributed by atoms with Crippen molar-refractivity contribution in [2.75, 3.05) is 24.5 Å². The van der Waals surface area contributed by atoms with Crippen molar-refractivity contribution in [1.82, 2.24) is 20.5 Å². The van der Waals surface area contributed by atoms with Crippen molar-refractivity contribution in [3.8, 4) is 0 Å². The van der Waals surface area contributed by atoms with E-state index in [1.165, 1.54) is 0 Å². The Balaban J connectivity index is 1.98. The third kappa shape index (κ3) is 3.22. The summed E-state index contributed by atoms with van der Waals surface area (Å²) >= 11 is 0. The summed E-state index contributed by atoms with van der Waals surface area (Å²) in [5.41, 5.74) is 2.93. The van der Waals surface area contributed by atoms with Gasteiger partial charge in [-0.3, -0.25) is 4.79 Å². The van der Waals surface area contributed by atoms with Crippen molar-refractivity contribution in [2.24, 2.45) is 0 Å². The molecule has 3 rings (SSSR count). The Morgan fingerprint density at radius 1 is 1.35 bits per heavy atom. The fourth-order valence-corrected chi connectivity index (χ4v) is 2.82. The minimum absolute atomic E-state index is 0.189. The summed E-state index contributed by atoms with van der Waals surface area (Å²) in [6, 6.07) is 5.62. The molecule has 1 N–H and O–H groups in total. The molecule has 0 saturated carbocycles. The molecule has 1 aliphatic rings. The molecule has 2 aromatic heterocycles. The maximum Gasteiger partial charge on any atom is 0.231 e. The van der Waals surface area contributed by atoms with Crippen LogP contribution in [0.1, 0.15) is 34.2 Å². The molecule has 0 aromatic carbocycles. The van der Waals surface area contributed by atoms with Crippen molar-refractivity contribution in [2.45, 2.75) is 26.8 Å². The van der Waals surface area contributed by atoms with Gasteiger partial charge in [0.05, 0.1) is 0 Å². The summed E-state index contributed by atoms with van der Waals surface area (Å²) in [5, 5.41) is 11.1. The average molecular weight is 311 g/mol. The topological polar surface area (TPSA) is 71.0 Å². The van der Waals surface area contributed by atoms with Crippen molar-refractivity contribution in [3.63, 3.8) is 0 Å². The molecule has 0 spiro atoms. The molecule has 6 nitrogen and oxygen atoms in total. The summed E-state index contributed by atoms with van der Waals surface area (Å²) in [4.78, 5) is 19.5. The van der Waals surface area contributed by atoms with Gasteiger partial charge in [-0.15, -0.1) is 5.10 Å². The zero-order valence-corrected chi connectivity index (χ0v) is 13.7. The van der Waals surface area contributed by atoms with E-state index in [9.17, 15) is 4.79 Å². The molecule has 2 aromatic rings. The van der Waals surface area contributed by atoms with Gasteiger partial charge >= 0.3 is 0 Å². The Labute approximate surface area is 136 Å². The number of pyridine rings is 1. The minimum atomic E-state index is -0.189. The van der Waals surface area contributed by atoms with Crippen LogP contribution < -0.4 is 10.2 Å². The standard InChI is InChI=1S/C17H21N5O/c1-11-9-15(16(23)14-5-4-6-19-21-14)20-17(13(11)3)22-8-7-18-12(2)10-22/h4-6,9,12,18H,7-8,10H2,1-3H3. The van der Waals surface area contributed by atoms with Crippen LogP contribution in [-0.4, -0.2) is 46.6 Å². The first kappa shape index (κ1) is 15.6. The Bertz CT molecular complexity index is 716. The van der Waals surface area contributed by atoms with Gasteiger partial charge in [0.2, 0.25) is 5.78 Å². The molecule has 3 heterocycles. The molecule has 1 unspecified atom stereocenters. The third-order valence-electron chi connectivity index (χ3n) is 4.21. The zero-order chi connectivity index (χ0) is 16.4. The van der Waals surface area contributed by atoms with E-state index >= 15 is 0 Å². The SMILES string of the molecule is Cc1cc(C(=O)c2cccnn2)nc(N2CCNC(C)C2)c1C. The smallest absolute Gasteiger partial charge is 0.231 e. The molecular weight excluding hydrogens is 290 g/mol. The van der Waals surface area contributed by atoms with E-state index in [4.69, 9.17) is 0 Å². The quantitative estimate of drug-likeness (QED) is 0.867. The first-order valence-electron chi connectivity index (χ1n) is 7.85. The van der Waals surface area contributed by atoms with Gasteiger partial charge < -0.3 is 10.2 Å². The number of ketones is 1. The Hall–Kier alpha value is -2.34.